The molecule has 0 fully saturated rings. The average Bonchev–Trinajstić information content (AvgIpc) is 2.75. The Morgan fingerprint density at radius 1 is 0.862 bits per heavy atom. The van der Waals surface area contributed by atoms with Crippen LogP contribution < -0.4 is 9.47 Å². The van der Waals surface area contributed by atoms with Crippen LogP contribution in [-0.4, -0.2) is 13.1 Å². The number of ether oxygens (including phenoxy) is 2. The monoisotopic (exact) mass is 630 g/mol. The number of carbonyl (C=O) groups excluding carboxylic acids is 1. The van der Waals surface area contributed by atoms with Gasteiger partial charge in [-0.15, -0.1) is 0 Å². The van der Waals surface area contributed by atoms with E-state index in [0.29, 0.717) is 0 Å². The molecule has 0 bridgehead atoms. The van der Waals surface area contributed by atoms with E-state index in [1.165, 1.54) is 12.1 Å². The van der Waals surface area contributed by atoms with Gasteiger partial charge in [0.25, 0.3) is 0 Å². The van der Waals surface area contributed by atoms with Crippen molar-refractivity contribution >= 4 is 40.4 Å². The number of hydrogen-bond acceptors (Lipinski definition) is 3. The number of methoxy groups -OCH3 is 1. The van der Waals surface area contributed by atoms with E-state index in [-0.39, 0.29) is 11.6 Å². The van der Waals surface area contributed by atoms with E-state index in [4.69, 9.17) is 4.74 Å². The molecule has 0 N–H and O–H groups in total. The zero-order valence-corrected chi connectivity index (χ0v) is 19.0. The normalized spacial score (nSPS) is 11.2. The second-order valence-electron chi connectivity index (χ2n) is 5.59. The fourth-order valence-corrected chi connectivity index (χ4v) is 8.64. The van der Waals surface area contributed by atoms with Gasteiger partial charge in [-0.1, -0.05) is 0 Å². The molecule has 0 aliphatic rings. The number of rotatable bonds is 5. The van der Waals surface area contributed by atoms with E-state index < -0.39 is 50.8 Å². The average molecular weight is 630 g/mol. The van der Waals surface area contributed by atoms with Crippen molar-refractivity contribution in [2.24, 2.45) is 0 Å². The summed E-state index contributed by atoms with van der Waals surface area (Å²) in [7, 11) is 1.59. The zero-order valence-electron chi connectivity index (χ0n) is 14.7. The fraction of sp³-hybridized carbons (Fsp3) is 0.0500. The second-order valence-corrected chi connectivity index (χ2v) is 14.9. The van der Waals surface area contributed by atoms with Crippen LogP contribution >= 0.6 is 34.5 Å². The minimum atomic E-state index is -1.77. The van der Waals surface area contributed by atoms with Gasteiger partial charge in [-0.2, -0.15) is 0 Å². The van der Waals surface area contributed by atoms with Crippen LogP contribution in [-0.2, 0) is 0 Å². The molecule has 0 radical (unpaired) electrons. The Balaban J connectivity index is 1.79. The standard InChI is InChI=1S/C20H12F4I2O3/c1-28-14-8-6-13(7-9-14)26(25)12-4-2-11(3-5-12)20(27)29-19-17(23)15(21)10-16(22)18(19)24/h2-10H,1H3. The molecule has 0 aromatic heterocycles. The molecule has 0 spiro atoms. The summed E-state index contributed by atoms with van der Waals surface area (Å²) < 4.78 is 65.7. The first-order chi connectivity index (χ1) is 13.8. The van der Waals surface area contributed by atoms with Crippen LogP contribution in [0.2, 0.25) is 0 Å². The number of carbonyl (C=O) groups is 1. The third kappa shape index (κ3) is 4.82. The Labute approximate surface area is 180 Å². The summed E-state index contributed by atoms with van der Waals surface area (Å²) in [5.41, 5.74) is -0.00683. The van der Waals surface area contributed by atoms with Gasteiger partial charge >= 0.3 is 181 Å². The maximum atomic E-state index is 13.7. The Morgan fingerprint density at radius 2 is 1.34 bits per heavy atom. The molecule has 3 rings (SSSR count). The van der Waals surface area contributed by atoms with Crippen molar-refractivity contribution in [3.8, 4) is 11.5 Å². The van der Waals surface area contributed by atoms with Crippen LogP contribution in [0.3, 0.4) is 0 Å². The van der Waals surface area contributed by atoms with Crippen LogP contribution in [0.15, 0.2) is 54.6 Å². The molecular formula is C20H12F4I2O3. The van der Waals surface area contributed by atoms with E-state index in [2.05, 4.69) is 23.4 Å². The second kappa shape index (κ2) is 9.28. The summed E-state index contributed by atoms with van der Waals surface area (Å²) in [6, 6.07) is 14.0. The summed E-state index contributed by atoms with van der Waals surface area (Å²) in [4.78, 5) is 12.2. The molecule has 3 aromatic carbocycles. The van der Waals surface area contributed by atoms with Crippen LogP contribution in [0.1, 0.15) is 10.4 Å². The number of esters is 1. The minimum absolute atomic E-state index is 0.00683. The number of benzene rings is 3. The summed E-state index contributed by atoms with van der Waals surface area (Å²) in [5, 5.41) is 0. The van der Waals surface area contributed by atoms with E-state index in [0.717, 1.165) is 12.9 Å². The van der Waals surface area contributed by atoms with E-state index >= 15 is 0 Å². The topological polar surface area (TPSA) is 35.5 Å². The quantitative estimate of drug-likeness (QED) is 0.108. The molecule has 3 aromatic rings. The van der Waals surface area contributed by atoms with Crippen LogP contribution in [0.5, 0.6) is 11.5 Å². The summed E-state index contributed by atoms with van der Waals surface area (Å²) in [6.07, 6.45) is 0. The molecule has 0 aliphatic heterocycles. The van der Waals surface area contributed by atoms with E-state index in [1.807, 2.05) is 24.3 Å². The first-order valence-corrected chi connectivity index (χ1v) is 16.4. The fourth-order valence-electron chi connectivity index (χ4n) is 2.30. The Bertz CT molecular complexity index is 1010. The first-order valence-electron chi connectivity index (χ1n) is 7.97. The van der Waals surface area contributed by atoms with Gasteiger partial charge in [-0.3, -0.25) is 0 Å². The van der Waals surface area contributed by atoms with Crippen molar-refractivity contribution in [3.63, 3.8) is 0 Å². The van der Waals surface area contributed by atoms with Crippen molar-refractivity contribution in [2.45, 2.75) is 0 Å². The van der Waals surface area contributed by atoms with Gasteiger partial charge in [0.15, 0.2) is 0 Å². The molecule has 0 amide bonds. The number of halogens is 6. The van der Waals surface area contributed by atoms with Crippen molar-refractivity contribution in [2.75, 3.05) is 7.11 Å². The molecular weight excluding hydrogens is 618 g/mol. The van der Waals surface area contributed by atoms with Crippen molar-refractivity contribution in [1.82, 2.24) is 0 Å². The molecule has 0 saturated heterocycles. The molecule has 0 heterocycles. The van der Waals surface area contributed by atoms with Gasteiger partial charge in [0.1, 0.15) is 0 Å². The first kappa shape index (κ1) is 21.8. The molecule has 0 atom stereocenters. The molecule has 0 saturated carbocycles. The van der Waals surface area contributed by atoms with Gasteiger partial charge in [0, 0.05) is 0 Å². The molecule has 0 unspecified atom stereocenters. The van der Waals surface area contributed by atoms with E-state index in [1.54, 1.807) is 19.2 Å². The van der Waals surface area contributed by atoms with Gasteiger partial charge < -0.3 is 0 Å². The Morgan fingerprint density at radius 3 is 1.83 bits per heavy atom. The Hall–Kier alpha value is -1.89. The van der Waals surface area contributed by atoms with Crippen molar-refractivity contribution in [3.05, 3.63) is 90.6 Å². The van der Waals surface area contributed by atoms with Crippen LogP contribution in [0, 0.1) is 30.4 Å². The molecule has 0 aliphatic carbocycles. The summed E-state index contributed by atoms with van der Waals surface area (Å²) in [6.45, 7) is 0. The predicted molar refractivity (Wildman–Crippen MR) is 116 cm³/mol. The van der Waals surface area contributed by atoms with E-state index in [9.17, 15) is 22.4 Å². The predicted octanol–water partition coefficient (Wildman–Crippen LogP) is 6.37. The summed E-state index contributed by atoms with van der Waals surface area (Å²) in [5.74, 6) is -8.62. The molecule has 29 heavy (non-hydrogen) atoms. The third-order valence-electron chi connectivity index (χ3n) is 3.78. The maximum absolute atomic E-state index is 13.7. The summed E-state index contributed by atoms with van der Waals surface area (Å²) >= 11 is 0.625. The SMILES string of the molecule is COc1ccc(I(I)c2ccc(C(=O)Oc3c(F)c(F)cc(F)c3F)cc2)cc1. The third-order valence-corrected chi connectivity index (χ3v) is 13.7. The molecule has 3 nitrogen and oxygen atoms in total. The molecule has 9 heteroatoms. The Kier molecular flexibility index (Phi) is 6.98. The van der Waals surface area contributed by atoms with Crippen LogP contribution in [0.4, 0.5) is 17.6 Å². The van der Waals surface area contributed by atoms with Gasteiger partial charge in [0.2, 0.25) is 0 Å². The van der Waals surface area contributed by atoms with Gasteiger partial charge in [-0.05, 0) is 0 Å². The van der Waals surface area contributed by atoms with Crippen molar-refractivity contribution in [1.29, 1.82) is 0 Å². The van der Waals surface area contributed by atoms with Gasteiger partial charge in [0.05, 0.1) is 0 Å². The molecule has 152 valence electrons. The number of hydrogen-bond donors (Lipinski definition) is 0. The van der Waals surface area contributed by atoms with Crippen LogP contribution in [0.25, 0.3) is 0 Å². The van der Waals surface area contributed by atoms with Crippen molar-refractivity contribution < 1.29 is 31.8 Å². The van der Waals surface area contributed by atoms with Gasteiger partial charge in [-0.25, -0.2) is 0 Å². The zero-order chi connectivity index (χ0) is 21.1.